The third-order valence-electron chi connectivity index (χ3n) is 3.34. The smallest absolute Gasteiger partial charge is 0.211 e. The van der Waals surface area contributed by atoms with E-state index in [4.69, 9.17) is 11.6 Å². The molecule has 5 heteroatoms. The zero-order valence-electron chi connectivity index (χ0n) is 10.4. The van der Waals surface area contributed by atoms with Gasteiger partial charge >= 0.3 is 0 Å². The van der Waals surface area contributed by atoms with E-state index in [1.165, 1.54) is 0 Å². The van der Waals surface area contributed by atoms with Crippen LogP contribution in [0, 0.1) is 12.8 Å². The molecule has 0 aliphatic heterocycles. The number of nitrogens with one attached hydrogen (secondary N) is 1. The highest BCUT2D eigenvalue weighted by molar-refractivity contribution is 7.89. The lowest BCUT2D eigenvalue weighted by Gasteiger charge is -2.11. The van der Waals surface area contributed by atoms with Crippen LogP contribution >= 0.6 is 11.6 Å². The summed E-state index contributed by atoms with van der Waals surface area (Å²) in [6, 6.07) is 6.94. The molecule has 0 bridgehead atoms. The molecule has 1 fully saturated rings. The lowest BCUT2D eigenvalue weighted by molar-refractivity contribution is 0.520. The average Bonchev–Trinajstić information content (AvgIpc) is 2.73. The SMILES string of the molecule is Cc1cccc(S(=O)(=O)NCC2CCC(Cl)C2)c1. The number of rotatable bonds is 4. The van der Waals surface area contributed by atoms with E-state index in [-0.39, 0.29) is 5.38 Å². The number of benzene rings is 1. The van der Waals surface area contributed by atoms with Gasteiger partial charge in [-0.1, -0.05) is 12.1 Å². The van der Waals surface area contributed by atoms with Crippen LogP contribution in [0.15, 0.2) is 29.2 Å². The minimum Gasteiger partial charge on any atom is -0.211 e. The number of sulfonamides is 1. The highest BCUT2D eigenvalue weighted by atomic mass is 35.5. The normalized spacial score (nSPS) is 24.3. The predicted octanol–water partition coefficient (Wildman–Crippen LogP) is 2.68. The molecule has 0 radical (unpaired) electrons. The van der Waals surface area contributed by atoms with Gasteiger partial charge in [0.2, 0.25) is 10.0 Å². The van der Waals surface area contributed by atoms with E-state index in [0.717, 1.165) is 24.8 Å². The largest absolute Gasteiger partial charge is 0.240 e. The van der Waals surface area contributed by atoms with Crippen LogP contribution in [0.5, 0.6) is 0 Å². The maximum Gasteiger partial charge on any atom is 0.240 e. The van der Waals surface area contributed by atoms with Crippen molar-refractivity contribution in [1.29, 1.82) is 0 Å². The van der Waals surface area contributed by atoms with Crippen LogP contribution in [-0.2, 0) is 10.0 Å². The number of hydrogen-bond donors (Lipinski definition) is 1. The second kappa shape index (κ2) is 5.59. The van der Waals surface area contributed by atoms with Gasteiger partial charge in [0.05, 0.1) is 4.90 Å². The molecule has 1 aromatic rings. The van der Waals surface area contributed by atoms with E-state index in [1.54, 1.807) is 18.2 Å². The van der Waals surface area contributed by atoms with Gasteiger partial charge in [0.25, 0.3) is 0 Å². The van der Waals surface area contributed by atoms with E-state index >= 15 is 0 Å². The van der Waals surface area contributed by atoms with E-state index in [0.29, 0.717) is 17.4 Å². The molecule has 1 saturated carbocycles. The molecule has 18 heavy (non-hydrogen) atoms. The Balaban J connectivity index is 1.99. The van der Waals surface area contributed by atoms with E-state index < -0.39 is 10.0 Å². The van der Waals surface area contributed by atoms with Crippen molar-refractivity contribution in [3.63, 3.8) is 0 Å². The topological polar surface area (TPSA) is 46.2 Å². The first kappa shape index (κ1) is 13.8. The van der Waals surface area contributed by atoms with Crippen molar-refractivity contribution in [2.24, 2.45) is 5.92 Å². The monoisotopic (exact) mass is 287 g/mol. The summed E-state index contributed by atoms with van der Waals surface area (Å²) in [7, 11) is -3.38. The number of hydrogen-bond acceptors (Lipinski definition) is 2. The number of alkyl halides is 1. The summed E-state index contributed by atoms with van der Waals surface area (Å²) in [6.07, 6.45) is 2.89. The van der Waals surface area contributed by atoms with Gasteiger partial charge in [0, 0.05) is 11.9 Å². The fourth-order valence-corrected chi connectivity index (χ4v) is 3.89. The van der Waals surface area contributed by atoms with Crippen molar-refractivity contribution in [3.05, 3.63) is 29.8 Å². The molecule has 2 atom stereocenters. The summed E-state index contributed by atoms with van der Waals surface area (Å²) in [5, 5.41) is 0.207. The molecule has 0 heterocycles. The molecule has 2 rings (SSSR count). The molecule has 0 saturated heterocycles. The second-order valence-electron chi connectivity index (χ2n) is 4.94. The van der Waals surface area contributed by atoms with Gasteiger partial charge in [-0.2, -0.15) is 0 Å². The minimum atomic E-state index is -3.38. The fraction of sp³-hybridized carbons (Fsp3) is 0.538. The highest BCUT2D eigenvalue weighted by Gasteiger charge is 2.24. The summed E-state index contributed by atoms with van der Waals surface area (Å²) in [4.78, 5) is 0.336. The third kappa shape index (κ3) is 3.46. The number of aryl methyl sites for hydroxylation is 1. The molecule has 0 amide bonds. The van der Waals surface area contributed by atoms with Crippen LogP contribution in [0.4, 0.5) is 0 Å². The maximum absolute atomic E-state index is 12.1. The fourth-order valence-electron chi connectivity index (χ4n) is 2.29. The second-order valence-corrected chi connectivity index (χ2v) is 7.33. The molecule has 100 valence electrons. The van der Waals surface area contributed by atoms with Crippen molar-refractivity contribution < 1.29 is 8.42 Å². The van der Waals surface area contributed by atoms with Gasteiger partial charge in [-0.05, 0) is 49.8 Å². The summed E-state index contributed by atoms with van der Waals surface area (Å²) in [5.41, 5.74) is 0.944. The Hall–Kier alpha value is -0.580. The van der Waals surface area contributed by atoms with Crippen molar-refractivity contribution in [3.8, 4) is 0 Å². The molecule has 1 aromatic carbocycles. The summed E-state index contributed by atoms with van der Waals surface area (Å²) in [6.45, 7) is 2.37. The van der Waals surface area contributed by atoms with Gasteiger partial charge in [-0.15, -0.1) is 11.6 Å². The van der Waals surface area contributed by atoms with Gasteiger partial charge in [-0.25, -0.2) is 13.1 Å². The molecule has 0 spiro atoms. The standard InChI is InChI=1S/C13H18ClNO2S/c1-10-3-2-4-13(7-10)18(16,17)15-9-11-5-6-12(14)8-11/h2-4,7,11-12,15H,5-6,8-9H2,1H3. The summed E-state index contributed by atoms with van der Waals surface area (Å²) < 4.78 is 26.8. The molecular formula is C13H18ClNO2S. The first-order chi connectivity index (χ1) is 8.47. The van der Waals surface area contributed by atoms with Crippen molar-refractivity contribution in [1.82, 2.24) is 4.72 Å². The predicted molar refractivity (Wildman–Crippen MR) is 73.3 cm³/mol. The Morgan fingerprint density at radius 2 is 2.17 bits per heavy atom. The van der Waals surface area contributed by atoms with E-state index in [9.17, 15) is 8.42 Å². The highest BCUT2D eigenvalue weighted by Crippen LogP contribution is 2.29. The lowest BCUT2D eigenvalue weighted by atomic mass is 10.1. The zero-order chi connectivity index (χ0) is 13.2. The number of halogens is 1. The first-order valence-electron chi connectivity index (χ1n) is 6.18. The average molecular weight is 288 g/mol. The Kier molecular flexibility index (Phi) is 4.30. The van der Waals surface area contributed by atoms with E-state index in [2.05, 4.69) is 4.72 Å². The molecule has 1 N–H and O–H groups in total. The van der Waals surface area contributed by atoms with Crippen molar-refractivity contribution in [2.75, 3.05) is 6.54 Å². The zero-order valence-corrected chi connectivity index (χ0v) is 12.0. The molecular weight excluding hydrogens is 270 g/mol. The van der Waals surface area contributed by atoms with Gasteiger partial charge in [-0.3, -0.25) is 0 Å². The van der Waals surface area contributed by atoms with Crippen LogP contribution in [0.25, 0.3) is 0 Å². The Bertz CT molecular complexity index is 515. The molecule has 2 unspecified atom stereocenters. The third-order valence-corrected chi connectivity index (χ3v) is 5.16. The molecule has 0 aromatic heterocycles. The quantitative estimate of drug-likeness (QED) is 0.866. The maximum atomic E-state index is 12.1. The Labute approximate surface area is 114 Å². The Morgan fingerprint density at radius 3 is 2.78 bits per heavy atom. The van der Waals surface area contributed by atoms with E-state index in [1.807, 2.05) is 13.0 Å². The van der Waals surface area contributed by atoms with Gasteiger partial charge in [0.15, 0.2) is 0 Å². The van der Waals surface area contributed by atoms with Crippen LogP contribution in [0.1, 0.15) is 24.8 Å². The van der Waals surface area contributed by atoms with Gasteiger partial charge < -0.3 is 0 Å². The summed E-state index contributed by atoms with van der Waals surface area (Å²) >= 11 is 6.02. The lowest BCUT2D eigenvalue weighted by Crippen LogP contribution is -2.28. The molecule has 1 aliphatic rings. The van der Waals surface area contributed by atoms with Crippen LogP contribution in [0.2, 0.25) is 0 Å². The molecule has 1 aliphatic carbocycles. The summed E-state index contributed by atoms with van der Waals surface area (Å²) in [5.74, 6) is 0.368. The first-order valence-corrected chi connectivity index (χ1v) is 8.10. The molecule has 3 nitrogen and oxygen atoms in total. The Morgan fingerprint density at radius 1 is 1.39 bits per heavy atom. The van der Waals surface area contributed by atoms with Crippen LogP contribution in [0.3, 0.4) is 0 Å². The minimum absolute atomic E-state index is 0.207. The van der Waals surface area contributed by atoms with Crippen molar-refractivity contribution in [2.45, 2.75) is 36.5 Å². The van der Waals surface area contributed by atoms with Crippen molar-refractivity contribution >= 4 is 21.6 Å². The van der Waals surface area contributed by atoms with Gasteiger partial charge in [0.1, 0.15) is 0 Å². The van der Waals surface area contributed by atoms with Crippen LogP contribution in [-0.4, -0.2) is 20.3 Å². The van der Waals surface area contributed by atoms with Crippen LogP contribution < -0.4 is 4.72 Å².